The third-order valence-electron chi connectivity index (χ3n) is 3.52. The Labute approximate surface area is 143 Å². The van der Waals surface area contributed by atoms with Gasteiger partial charge in [-0.1, -0.05) is 23.7 Å². The lowest BCUT2D eigenvalue weighted by Gasteiger charge is -2.22. The normalized spacial score (nSPS) is 13.4. The third-order valence-corrected chi connectivity index (χ3v) is 3.76. The Balaban J connectivity index is 2.81. The summed E-state index contributed by atoms with van der Waals surface area (Å²) in [5.41, 5.74) is 0.518. The first-order chi connectivity index (χ1) is 10.8. The molecule has 0 saturated carbocycles. The van der Waals surface area contributed by atoms with Crippen LogP contribution in [-0.2, 0) is 4.79 Å². The van der Waals surface area contributed by atoms with Crippen LogP contribution in [0, 0.1) is 5.41 Å². The lowest BCUT2D eigenvalue weighted by molar-refractivity contribution is -0.128. The lowest BCUT2D eigenvalue weighted by atomic mass is 9.93. The van der Waals surface area contributed by atoms with Gasteiger partial charge in [-0.2, -0.15) is 0 Å². The number of benzene rings is 1. The number of amides is 1. The van der Waals surface area contributed by atoms with E-state index in [2.05, 4.69) is 20.9 Å². The zero-order valence-electron chi connectivity index (χ0n) is 14.5. The van der Waals surface area contributed by atoms with Crippen LogP contribution in [-0.4, -0.2) is 32.0 Å². The molecule has 1 aromatic rings. The number of nitrogens with zero attached hydrogens (tertiary/aromatic N) is 1. The summed E-state index contributed by atoms with van der Waals surface area (Å²) in [5, 5.41) is 9.92. The van der Waals surface area contributed by atoms with Gasteiger partial charge < -0.3 is 16.0 Å². The van der Waals surface area contributed by atoms with Crippen LogP contribution in [0.5, 0.6) is 0 Å². The SMILES string of the molecule is CCNC(=NCC(C)(C)C(=O)NC)NC(C)c1cccc(Cl)c1. The molecule has 23 heavy (non-hydrogen) atoms. The first-order valence-corrected chi connectivity index (χ1v) is 8.20. The van der Waals surface area contributed by atoms with Crippen molar-refractivity contribution in [1.29, 1.82) is 0 Å². The van der Waals surface area contributed by atoms with Crippen LogP contribution in [0.25, 0.3) is 0 Å². The van der Waals surface area contributed by atoms with Crippen molar-refractivity contribution in [2.75, 3.05) is 20.1 Å². The minimum atomic E-state index is -0.559. The zero-order valence-corrected chi connectivity index (χ0v) is 15.3. The van der Waals surface area contributed by atoms with Crippen LogP contribution >= 0.6 is 11.6 Å². The van der Waals surface area contributed by atoms with Gasteiger partial charge in [-0.3, -0.25) is 9.79 Å². The predicted octanol–water partition coefficient (Wildman–Crippen LogP) is 2.73. The molecule has 0 heterocycles. The second-order valence-corrected chi connectivity index (χ2v) is 6.52. The quantitative estimate of drug-likeness (QED) is 0.552. The monoisotopic (exact) mass is 338 g/mol. The second-order valence-electron chi connectivity index (χ2n) is 6.08. The highest BCUT2D eigenvalue weighted by molar-refractivity contribution is 6.30. The molecule has 1 unspecified atom stereocenters. The fraction of sp³-hybridized carbons (Fsp3) is 0.529. The molecule has 0 fully saturated rings. The van der Waals surface area contributed by atoms with E-state index in [0.717, 1.165) is 12.1 Å². The van der Waals surface area contributed by atoms with Crippen LogP contribution in [0.3, 0.4) is 0 Å². The van der Waals surface area contributed by atoms with E-state index < -0.39 is 5.41 Å². The van der Waals surface area contributed by atoms with Crippen molar-refractivity contribution < 1.29 is 4.79 Å². The highest BCUT2D eigenvalue weighted by atomic mass is 35.5. The number of rotatable bonds is 6. The minimum absolute atomic E-state index is 0.0278. The molecule has 0 bridgehead atoms. The highest BCUT2D eigenvalue weighted by Crippen LogP contribution is 2.18. The van der Waals surface area contributed by atoms with Gasteiger partial charge in [-0.25, -0.2) is 0 Å². The molecule has 128 valence electrons. The van der Waals surface area contributed by atoms with Gasteiger partial charge in [0.1, 0.15) is 0 Å². The Morgan fingerprint density at radius 2 is 2.09 bits per heavy atom. The lowest BCUT2D eigenvalue weighted by Crippen LogP contribution is -2.41. The standard InChI is InChI=1S/C17H27ClN4O/c1-6-20-16(21-11-17(3,4)15(23)19-5)22-12(2)13-8-7-9-14(18)10-13/h7-10,12H,6,11H2,1-5H3,(H,19,23)(H2,20,21,22). The summed E-state index contributed by atoms with van der Waals surface area (Å²) < 4.78 is 0. The zero-order chi connectivity index (χ0) is 17.5. The van der Waals surface area contributed by atoms with Crippen molar-refractivity contribution in [3.05, 3.63) is 34.9 Å². The molecule has 1 amide bonds. The summed E-state index contributed by atoms with van der Waals surface area (Å²) in [6, 6.07) is 7.77. The molecule has 0 aromatic heterocycles. The number of carbonyl (C=O) groups excluding carboxylic acids is 1. The van der Waals surface area contributed by atoms with Gasteiger partial charge in [0.05, 0.1) is 18.0 Å². The van der Waals surface area contributed by atoms with E-state index in [1.165, 1.54) is 0 Å². The predicted molar refractivity (Wildman–Crippen MR) is 96.8 cm³/mol. The average molecular weight is 339 g/mol. The Morgan fingerprint density at radius 3 is 2.65 bits per heavy atom. The molecule has 6 heteroatoms. The van der Waals surface area contributed by atoms with E-state index in [9.17, 15) is 4.79 Å². The number of hydrogen-bond donors (Lipinski definition) is 3. The summed E-state index contributed by atoms with van der Waals surface area (Å²) in [4.78, 5) is 16.4. The Kier molecular flexibility index (Phi) is 7.36. The van der Waals surface area contributed by atoms with Gasteiger partial charge in [0, 0.05) is 18.6 Å². The molecule has 0 aliphatic heterocycles. The van der Waals surface area contributed by atoms with Crippen LogP contribution in [0.2, 0.25) is 5.02 Å². The number of nitrogens with one attached hydrogen (secondary N) is 3. The number of guanidine groups is 1. The largest absolute Gasteiger partial charge is 0.359 e. The van der Waals surface area contributed by atoms with Crippen molar-refractivity contribution in [2.24, 2.45) is 10.4 Å². The number of aliphatic imine (C=N–C) groups is 1. The second kappa shape index (κ2) is 8.77. The number of halogens is 1. The summed E-state index contributed by atoms with van der Waals surface area (Å²) in [5.74, 6) is 0.650. The van der Waals surface area contributed by atoms with Crippen molar-refractivity contribution in [3.8, 4) is 0 Å². The van der Waals surface area contributed by atoms with E-state index >= 15 is 0 Å². The maximum atomic E-state index is 11.8. The van der Waals surface area contributed by atoms with Crippen LogP contribution in [0.15, 0.2) is 29.3 Å². The van der Waals surface area contributed by atoms with Gasteiger partial charge >= 0.3 is 0 Å². The third kappa shape index (κ3) is 6.10. The average Bonchev–Trinajstić information content (AvgIpc) is 2.52. The fourth-order valence-electron chi connectivity index (χ4n) is 2.07. The van der Waals surface area contributed by atoms with E-state index in [1.807, 2.05) is 52.0 Å². The minimum Gasteiger partial charge on any atom is -0.359 e. The highest BCUT2D eigenvalue weighted by Gasteiger charge is 2.26. The van der Waals surface area contributed by atoms with Gasteiger partial charge in [0.15, 0.2) is 5.96 Å². The maximum Gasteiger partial charge on any atom is 0.227 e. The van der Waals surface area contributed by atoms with E-state index in [4.69, 9.17) is 11.6 Å². The molecular weight excluding hydrogens is 312 g/mol. The van der Waals surface area contributed by atoms with E-state index in [1.54, 1.807) is 7.05 Å². The summed E-state index contributed by atoms with van der Waals surface area (Å²) in [6.45, 7) is 8.94. The van der Waals surface area contributed by atoms with Crippen molar-refractivity contribution in [1.82, 2.24) is 16.0 Å². The van der Waals surface area contributed by atoms with Crippen molar-refractivity contribution in [2.45, 2.75) is 33.7 Å². The smallest absolute Gasteiger partial charge is 0.227 e. The first kappa shape index (κ1) is 19.3. The molecule has 1 atom stereocenters. The molecule has 0 aliphatic rings. The molecule has 1 aromatic carbocycles. The first-order valence-electron chi connectivity index (χ1n) is 7.82. The number of carbonyl (C=O) groups is 1. The van der Waals surface area contributed by atoms with Gasteiger partial charge in [-0.05, 0) is 45.4 Å². The van der Waals surface area contributed by atoms with E-state index in [-0.39, 0.29) is 11.9 Å². The topological polar surface area (TPSA) is 65.5 Å². The van der Waals surface area contributed by atoms with Crippen LogP contribution in [0.4, 0.5) is 0 Å². The fourth-order valence-corrected chi connectivity index (χ4v) is 2.27. The van der Waals surface area contributed by atoms with Crippen molar-refractivity contribution >= 4 is 23.5 Å². The van der Waals surface area contributed by atoms with Crippen LogP contribution in [0.1, 0.15) is 39.3 Å². The van der Waals surface area contributed by atoms with Gasteiger partial charge in [-0.15, -0.1) is 0 Å². The summed E-state index contributed by atoms with van der Waals surface area (Å²) in [7, 11) is 1.64. The van der Waals surface area contributed by atoms with Crippen LogP contribution < -0.4 is 16.0 Å². The van der Waals surface area contributed by atoms with E-state index in [0.29, 0.717) is 17.5 Å². The molecule has 5 nitrogen and oxygen atoms in total. The summed E-state index contributed by atoms with van der Waals surface area (Å²) >= 11 is 6.04. The maximum absolute atomic E-state index is 11.8. The Bertz CT molecular complexity index is 557. The molecule has 1 rings (SSSR count). The number of hydrogen-bond acceptors (Lipinski definition) is 2. The molecule has 0 radical (unpaired) electrons. The summed E-state index contributed by atoms with van der Waals surface area (Å²) in [6.07, 6.45) is 0. The molecule has 0 aliphatic carbocycles. The Morgan fingerprint density at radius 1 is 1.39 bits per heavy atom. The molecule has 0 saturated heterocycles. The van der Waals surface area contributed by atoms with Gasteiger partial charge in [0.2, 0.25) is 5.91 Å². The molecular formula is C17H27ClN4O. The molecule has 3 N–H and O–H groups in total. The van der Waals surface area contributed by atoms with Crippen molar-refractivity contribution in [3.63, 3.8) is 0 Å². The Hall–Kier alpha value is -1.75. The van der Waals surface area contributed by atoms with Gasteiger partial charge in [0.25, 0.3) is 0 Å². The molecule has 0 spiro atoms.